The van der Waals surface area contributed by atoms with Crippen LogP contribution < -0.4 is 11.5 Å². The highest BCUT2D eigenvalue weighted by molar-refractivity contribution is 7.21. The van der Waals surface area contributed by atoms with Crippen LogP contribution in [0.4, 0.5) is 18.9 Å². The summed E-state index contributed by atoms with van der Waals surface area (Å²) in [5.41, 5.74) is 9.63. The van der Waals surface area contributed by atoms with Gasteiger partial charge in [0.15, 0.2) is 0 Å². The van der Waals surface area contributed by atoms with Crippen molar-refractivity contribution in [2.75, 3.05) is 5.73 Å². The van der Waals surface area contributed by atoms with Gasteiger partial charge in [0.2, 0.25) is 0 Å². The number of thiophene rings is 1. The molecule has 0 aromatic carbocycles. The summed E-state index contributed by atoms with van der Waals surface area (Å²) in [6, 6.07) is 0.862. The van der Waals surface area contributed by atoms with Crippen LogP contribution in [-0.4, -0.2) is 10.9 Å². The maximum absolute atomic E-state index is 12.4. The third-order valence-corrected chi connectivity index (χ3v) is 3.28. The molecule has 0 aliphatic carbocycles. The Bertz CT molecular complexity index is 605. The van der Waals surface area contributed by atoms with E-state index in [1.54, 1.807) is 0 Å². The number of aromatic nitrogens is 1. The molecule has 1 amide bonds. The molecule has 2 heterocycles. The lowest BCUT2D eigenvalue weighted by molar-refractivity contribution is -0.137. The van der Waals surface area contributed by atoms with E-state index in [-0.39, 0.29) is 20.8 Å². The van der Waals surface area contributed by atoms with E-state index in [0.29, 0.717) is 6.20 Å². The van der Waals surface area contributed by atoms with Gasteiger partial charge in [0.25, 0.3) is 5.91 Å². The summed E-state index contributed by atoms with van der Waals surface area (Å²) < 4.78 is 37.3. The van der Waals surface area contributed by atoms with Crippen LogP contribution in [-0.2, 0) is 6.18 Å². The highest BCUT2D eigenvalue weighted by Crippen LogP contribution is 2.36. The Morgan fingerprint density at radius 1 is 1.41 bits per heavy atom. The lowest BCUT2D eigenvalue weighted by atomic mass is 10.2. The fraction of sp³-hybridized carbons (Fsp3) is 0.111. The topological polar surface area (TPSA) is 82.0 Å². The number of nitrogens with two attached hydrogens (primary N) is 2. The van der Waals surface area contributed by atoms with Crippen molar-refractivity contribution in [3.63, 3.8) is 0 Å². The van der Waals surface area contributed by atoms with E-state index < -0.39 is 17.6 Å². The average molecular weight is 261 g/mol. The van der Waals surface area contributed by atoms with Gasteiger partial charge in [-0.2, -0.15) is 13.2 Å². The predicted octanol–water partition coefficient (Wildman–Crippen LogP) is 2.00. The predicted molar refractivity (Wildman–Crippen MR) is 57.6 cm³/mol. The summed E-state index contributed by atoms with van der Waals surface area (Å²) in [4.78, 5) is 14.9. The van der Waals surface area contributed by atoms with E-state index in [4.69, 9.17) is 11.5 Å². The van der Waals surface area contributed by atoms with Crippen LogP contribution in [0.5, 0.6) is 0 Å². The molecule has 90 valence electrons. The first-order valence-electron chi connectivity index (χ1n) is 4.35. The molecule has 0 bridgehead atoms. The van der Waals surface area contributed by atoms with Gasteiger partial charge in [-0.15, -0.1) is 11.3 Å². The van der Waals surface area contributed by atoms with Crippen LogP contribution in [0.25, 0.3) is 10.2 Å². The van der Waals surface area contributed by atoms with E-state index in [1.165, 1.54) is 0 Å². The number of halogens is 3. The zero-order valence-corrected chi connectivity index (χ0v) is 9.02. The molecule has 0 atom stereocenters. The first kappa shape index (κ1) is 11.6. The van der Waals surface area contributed by atoms with Gasteiger partial charge in [0, 0.05) is 11.6 Å². The Labute approximate surface area is 97.0 Å². The lowest BCUT2D eigenvalue weighted by Gasteiger charge is -2.05. The molecule has 0 fully saturated rings. The number of carbonyl (C=O) groups excluding carboxylic acids is 1. The first-order valence-corrected chi connectivity index (χ1v) is 5.17. The Hall–Kier alpha value is -1.83. The molecule has 2 aromatic heterocycles. The highest BCUT2D eigenvalue weighted by atomic mass is 32.1. The number of pyridine rings is 1. The van der Waals surface area contributed by atoms with Crippen molar-refractivity contribution in [1.29, 1.82) is 0 Å². The van der Waals surface area contributed by atoms with E-state index in [2.05, 4.69) is 4.98 Å². The first-order chi connectivity index (χ1) is 7.80. The number of amides is 1. The van der Waals surface area contributed by atoms with Gasteiger partial charge in [0.05, 0.1) is 11.3 Å². The Morgan fingerprint density at radius 3 is 2.59 bits per heavy atom. The Balaban J connectivity index is 2.70. The molecule has 2 rings (SSSR count). The number of fused-ring (bicyclic) bond motifs is 1. The standard InChI is InChI=1S/C9H6F3N3OS/c10-9(11,12)3-1-4-5(13)6(7(14)16)17-8(4)15-2-3/h1-2H,13H2,(H2,14,16). The number of carbonyl (C=O) groups is 1. The molecule has 0 saturated carbocycles. The molecule has 17 heavy (non-hydrogen) atoms. The van der Waals surface area contributed by atoms with E-state index in [9.17, 15) is 18.0 Å². The quantitative estimate of drug-likeness (QED) is 0.823. The second-order valence-corrected chi connectivity index (χ2v) is 4.28. The molecule has 0 aliphatic heterocycles. The SMILES string of the molecule is NC(=O)c1sc2ncc(C(F)(F)F)cc2c1N. The third kappa shape index (κ3) is 1.91. The fourth-order valence-corrected chi connectivity index (χ4v) is 2.24. The summed E-state index contributed by atoms with van der Waals surface area (Å²) in [5, 5.41) is 0.0959. The molecular weight excluding hydrogens is 255 g/mol. The molecule has 0 spiro atoms. The second kappa shape index (κ2) is 3.59. The lowest BCUT2D eigenvalue weighted by Crippen LogP contribution is -2.10. The van der Waals surface area contributed by atoms with E-state index in [0.717, 1.165) is 17.4 Å². The molecule has 4 N–H and O–H groups in total. The number of hydrogen-bond acceptors (Lipinski definition) is 4. The zero-order chi connectivity index (χ0) is 12.8. The third-order valence-electron chi connectivity index (χ3n) is 2.14. The highest BCUT2D eigenvalue weighted by Gasteiger charge is 2.31. The van der Waals surface area contributed by atoms with Crippen molar-refractivity contribution in [2.24, 2.45) is 5.73 Å². The van der Waals surface area contributed by atoms with Crippen LogP contribution in [0.15, 0.2) is 12.3 Å². The van der Waals surface area contributed by atoms with Gasteiger partial charge in [-0.25, -0.2) is 4.98 Å². The van der Waals surface area contributed by atoms with E-state index in [1.807, 2.05) is 0 Å². The minimum atomic E-state index is -4.50. The number of nitrogen functional groups attached to an aromatic ring is 1. The van der Waals surface area contributed by atoms with Crippen LogP contribution in [0.3, 0.4) is 0 Å². The number of primary amides is 1. The molecule has 8 heteroatoms. The van der Waals surface area contributed by atoms with Crippen LogP contribution in [0.1, 0.15) is 15.2 Å². The molecule has 0 unspecified atom stereocenters. The number of rotatable bonds is 1. The average Bonchev–Trinajstić information content (AvgIpc) is 2.54. The van der Waals surface area contributed by atoms with Gasteiger partial charge >= 0.3 is 6.18 Å². The normalized spacial score (nSPS) is 11.9. The van der Waals surface area contributed by atoms with Crippen LogP contribution in [0, 0.1) is 0 Å². The summed E-state index contributed by atoms with van der Waals surface area (Å²) in [6.07, 6.45) is -3.80. The van der Waals surface area contributed by atoms with Crippen LogP contribution >= 0.6 is 11.3 Å². The number of anilines is 1. The molecule has 2 aromatic rings. The Morgan fingerprint density at radius 2 is 2.06 bits per heavy atom. The largest absolute Gasteiger partial charge is 0.417 e. The monoisotopic (exact) mass is 261 g/mol. The molecule has 4 nitrogen and oxygen atoms in total. The molecule has 0 saturated heterocycles. The van der Waals surface area contributed by atoms with Gasteiger partial charge in [-0.05, 0) is 6.07 Å². The van der Waals surface area contributed by atoms with Gasteiger partial charge < -0.3 is 11.5 Å². The van der Waals surface area contributed by atoms with Gasteiger partial charge in [-0.1, -0.05) is 0 Å². The van der Waals surface area contributed by atoms with E-state index >= 15 is 0 Å². The van der Waals surface area contributed by atoms with Gasteiger partial charge in [-0.3, -0.25) is 4.79 Å². The number of hydrogen-bond donors (Lipinski definition) is 2. The summed E-state index contributed by atoms with van der Waals surface area (Å²) in [7, 11) is 0. The fourth-order valence-electron chi connectivity index (χ4n) is 1.34. The smallest absolute Gasteiger partial charge is 0.397 e. The maximum Gasteiger partial charge on any atom is 0.417 e. The second-order valence-electron chi connectivity index (χ2n) is 3.28. The van der Waals surface area contributed by atoms with Crippen molar-refractivity contribution in [2.45, 2.75) is 6.18 Å². The Kier molecular flexibility index (Phi) is 2.46. The van der Waals surface area contributed by atoms with Crippen molar-refractivity contribution in [3.8, 4) is 0 Å². The molecular formula is C9H6F3N3OS. The van der Waals surface area contributed by atoms with Crippen molar-refractivity contribution in [1.82, 2.24) is 4.98 Å². The number of alkyl halides is 3. The van der Waals surface area contributed by atoms with Crippen molar-refractivity contribution in [3.05, 3.63) is 22.7 Å². The minimum absolute atomic E-state index is 0.0202. The van der Waals surface area contributed by atoms with Crippen molar-refractivity contribution >= 4 is 33.1 Å². The minimum Gasteiger partial charge on any atom is -0.397 e. The van der Waals surface area contributed by atoms with Gasteiger partial charge in [0.1, 0.15) is 9.71 Å². The maximum atomic E-state index is 12.4. The van der Waals surface area contributed by atoms with Crippen molar-refractivity contribution < 1.29 is 18.0 Å². The summed E-state index contributed by atoms with van der Waals surface area (Å²) in [5.74, 6) is -0.779. The summed E-state index contributed by atoms with van der Waals surface area (Å²) in [6.45, 7) is 0. The van der Waals surface area contributed by atoms with Crippen LogP contribution in [0.2, 0.25) is 0 Å². The molecule has 0 radical (unpaired) electrons. The zero-order valence-electron chi connectivity index (χ0n) is 8.21. The number of nitrogens with zero attached hydrogens (tertiary/aromatic N) is 1. The molecule has 0 aliphatic rings. The summed E-state index contributed by atoms with van der Waals surface area (Å²) >= 11 is 0.873.